The van der Waals surface area contributed by atoms with E-state index in [9.17, 15) is 0 Å². The van der Waals surface area contributed by atoms with Gasteiger partial charge in [-0.2, -0.15) is 0 Å². The van der Waals surface area contributed by atoms with Gasteiger partial charge in [-0.3, -0.25) is 0 Å². The molecule has 4 heteroatoms. The maximum Gasteiger partial charge on any atom is 0.295 e. The van der Waals surface area contributed by atoms with Crippen molar-refractivity contribution in [3.63, 3.8) is 0 Å². The van der Waals surface area contributed by atoms with Crippen LogP contribution in [0.5, 0.6) is 0 Å². The number of aromatic nitrogens is 3. The Kier molecular flexibility index (Phi) is 2.46. The first-order chi connectivity index (χ1) is 7.33. The van der Waals surface area contributed by atoms with Gasteiger partial charge < -0.3 is 4.85 Å². The molecular weight excluding hydrogens is 188 g/mol. The highest BCUT2D eigenvalue weighted by molar-refractivity contribution is 5.36. The maximum absolute atomic E-state index is 6.83. The Morgan fingerprint density at radius 3 is 2.93 bits per heavy atom. The molecule has 0 amide bonds. The van der Waals surface area contributed by atoms with Gasteiger partial charge in [-0.1, -0.05) is 19.6 Å². The van der Waals surface area contributed by atoms with Crippen LogP contribution in [-0.2, 0) is 6.42 Å². The van der Waals surface area contributed by atoms with E-state index in [-0.39, 0.29) is 0 Å². The van der Waals surface area contributed by atoms with E-state index in [1.807, 2.05) is 18.2 Å². The molecule has 74 valence electrons. The van der Waals surface area contributed by atoms with Gasteiger partial charge in [0.1, 0.15) is 0 Å². The average Bonchev–Trinajstić information content (AvgIpc) is 2.78. The van der Waals surface area contributed by atoms with E-state index in [2.05, 4.69) is 21.9 Å². The topological polar surface area (TPSA) is 35.1 Å². The van der Waals surface area contributed by atoms with E-state index >= 15 is 0 Å². The van der Waals surface area contributed by atoms with Crippen molar-refractivity contribution in [3.8, 4) is 5.82 Å². The SMILES string of the molecule is [C-]#[N+]c1ccn(-c2cccc(CC)n2)n1. The summed E-state index contributed by atoms with van der Waals surface area (Å²) in [6.45, 7) is 8.88. The van der Waals surface area contributed by atoms with Crippen molar-refractivity contribution in [3.05, 3.63) is 47.6 Å². The Morgan fingerprint density at radius 1 is 1.40 bits per heavy atom. The molecule has 0 atom stereocenters. The Morgan fingerprint density at radius 2 is 2.27 bits per heavy atom. The first-order valence-electron chi connectivity index (χ1n) is 4.73. The zero-order valence-corrected chi connectivity index (χ0v) is 8.38. The molecule has 0 bridgehead atoms. The molecule has 0 N–H and O–H groups in total. The minimum absolute atomic E-state index is 0.388. The van der Waals surface area contributed by atoms with Crippen molar-refractivity contribution in [1.29, 1.82) is 0 Å². The zero-order valence-electron chi connectivity index (χ0n) is 8.38. The summed E-state index contributed by atoms with van der Waals surface area (Å²) in [5.74, 6) is 1.14. The fourth-order valence-electron chi connectivity index (χ4n) is 1.29. The minimum atomic E-state index is 0.388. The second kappa shape index (κ2) is 3.93. The number of hydrogen-bond acceptors (Lipinski definition) is 2. The summed E-state index contributed by atoms with van der Waals surface area (Å²) >= 11 is 0. The van der Waals surface area contributed by atoms with E-state index in [0.29, 0.717) is 5.82 Å². The lowest BCUT2D eigenvalue weighted by Gasteiger charge is -1.99. The quantitative estimate of drug-likeness (QED) is 0.694. The monoisotopic (exact) mass is 198 g/mol. The van der Waals surface area contributed by atoms with Crippen molar-refractivity contribution >= 4 is 5.82 Å². The number of pyridine rings is 1. The van der Waals surface area contributed by atoms with Gasteiger partial charge in [0, 0.05) is 11.9 Å². The summed E-state index contributed by atoms with van der Waals surface area (Å²) in [6.07, 6.45) is 2.64. The average molecular weight is 198 g/mol. The predicted molar refractivity (Wildman–Crippen MR) is 57.0 cm³/mol. The van der Waals surface area contributed by atoms with Gasteiger partial charge in [-0.25, -0.2) is 4.98 Å². The van der Waals surface area contributed by atoms with E-state index in [1.165, 1.54) is 0 Å². The highest BCUT2D eigenvalue weighted by Crippen LogP contribution is 2.11. The summed E-state index contributed by atoms with van der Waals surface area (Å²) in [5.41, 5.74) is 1.02. The largest absolute Gasteiger partial charge is 0.359 e. The standard InChI is InChI=1S/C11H10N4/c1-3-9-5-4-6-11(13-9)15-8-7-10(12-2)14-15/h4-8H,3H2,1H3. The van der Waals surface area contributed by atoms with Crippen molar-refractivity contribution in [2.75, 3.05) is 0 Å². The molecule has 2 aromatic rings. The van der Waals surface area contributed by atoms with Crippen molar-refractivity contribution in [2.24, 2.45) is 0 Å². The molecule has 0 aliphatic rings. The molecule has 0 radical (unpaired) electrons. The number of hydrogen-bond donors (Lipinski definition) is 0. The van der Waals surface area contributed by atoms with Gasteiger partial charge in [0.2, 0.25) is 0 Å². The summed E-state index contributed by atoms with van der Waals surface area (Å²) in [4.78, 5) is 7.66. The van der Waals surface area contributed by atoms with Gasteiger partial charge in [0.05, 0.1) is 0 Å². The van der Waals surface area contributed by atoms with E-state index in [0.717, 1.165) is 17.9 Å². The molecule has 4 nitrogen and oxygen atoms in total. The van der Waals surface area contributed by atoms with Gasteiger partial charge in [0.25, 0.3) is 5.82 Å². The second-order valence-corrected chi connectivity index (χ2v) is 3.07. The molecule has 0 aromatic carbocycles. The molecule has 0 aliphatic heterocycles. The normalized spacial score (nSPS) is 9.87. The molecule has 0 saturated heterocycles. The van der Waals surface area contributed by atoms with Crippen LogP contribution in [0.15, 0.2) is 30.5 Å². The highest BCUT2D eigenvalue weighted by Gasteiger charge is 2.04. The lowest BCUT2D eigenvalue weighted by molar-refractivity contribution is 0.838. The molecule has 0 saturated carbocycles. The Bertz CT molecular complexity index is 507. The lowest BCUT2D eigenvalue weighted by Crippen LogP contribution is -1.99. The molecule has 2 aromatic heterocycles. The maximum atomic E-state index is 6.83. The van der Waals surface area contributed by atoms with Gasteiger partial charge in [-0.15, -0.1) is 4.68 Å². The van der Waals surface area contributed by atoms with Gasteiger partial charge >= 0.3 is 0 Å². The molecule has 0 spiro atoms. The van der Waals surface area contributed by atoms with Crippen LogP contribution in [0.25, 0.3) is 10.7 Å². The summed E-state index contributed by atoms with van der Waals surface area (Å²) in [7, 11) is 0. The van der Waals surface area contributed by atoms with Crippen LogP contribution in [0.1, 0.15) is 12.6 Å². The third kappa shape index (κ3) is 1.86. The van der Waals surface area contributed by atoms with Crippen LogP contribution in [0, 0.1) is 6.57 Å². The third-order valence-electron chi connectivity index (χ3n) is 2.08. The Balaban J connectivity index is 2.41. The highest BCUT2D eigenvalue weighted by atomic mass is 15.3. The van der Waals surface area contributed by atoms with Crippen molar-refractivity contribution < 1.29 is 0 Å². The first kappa shape index (κ1) is 9.41. The van der Waals surface area contributed by atoms with Crippen LogP contribution in [0.4, 0.5) is 5.82 Å². The fourth-order valence-corrected chi connectivity index (χ4v) is 1.29. The summed E-state index contributed by atoms with van der Waals surface area (Å²) < 4.78 is 1.62. The van der Waals surface area contributed by atoms with Gasteiger partial charge in [-0.05, 0) is 29.7 Å². The molecular formula is C11H10N4. The van der Waals surface area contributed by atoms with Gasteiger partial charge in [0.15, 0.2) is 5.82 Å². The Hall–Kier alpha value is -2.15. The van der Waals surface area contributed by atoms with Crippen LogP contribution in [0.3, 0.4) is 0 Å². The summed E-state index contributed by atoms with van der Waals surface area (Å²) in [6, 6.07) is 7.47. The molecule has 15 heavy (non-hydrogen) atoms. The zero-order chi connectivity index (χ0) is 10.7. The number of nitrogens with zero attached hydrogens (tertiary/aromatic N) is 4. The number of rotatable bonds is 2. The molecule has 2 rings (SSSR count). The fraction of sp³-hybridized carbons (Fsp3) is 0.182. The van der Waals surface area contributed by atoms with E-state index < -0.39 is 0 Å². The van der Waals surface area contributed by atoms with E-state index in [1.54, 1.807) is 16.9 Å². The van der Waals surface area contributed by atoms with Crippen LogP contribution >= 0.6 is 0 Å². The van der Waals surface area contributed by atoms with Crippen LogP contribution < -0.4 is 0 Å². The summed E-state index contributed by atoms with van der Waals surface area (Å²) in [5, 5.41) is 4.07. The molecule has 0 fully saturated rings. The molecule has 0 aliphatic carbocycles. The minimum Gasteiger partial charge on any atom is -0.359 e. The Labute approximate surface area is 88.0 Å². The van der Waals surface area contributed by atoms with Crippen molar-refractivity contribution in [1.82, 2.24) is 14.8 Å². The number of aryl methyl sites for hydroxylation is 1. The van der Waals surface area contributed by atoms with Crippen molar-refractivity contribution in [2.45, 2.75) is 13.3 Å². The second-order valence-electron chi connectivity index (χ2n) is 3.07. The predicted octanol–water partition coefficient (Wildman–Crippen LogP) is 2.38. The first-order valence-corrected chi connectivity index (χ1v) is 4.73. The van der Waals surface area contributed by atoms with Crippen LogP contribution in [-0.4, -0.2) is 14.8 Å². The van der Waals surface area contributed by atoms with E-state index in [4.69, 9.17) is 6.57 Å². The third-order valence-corrected chi connectivity index (χ3v) is 2.08. The smallest absolute Gasteiger partial charge is 0.295 e. The molecule has 0 unspecified atom stereocenters. The molecule has 2 heterocycles. The van der Waals surface area contributed by atoms with Crippen LogP contribution in [0.2, 0.25) is 0 Å². The lowest BCUT2D eigenvalue weighted by atomic mass is 10.3.